The van der Waals surface area contributed by atoms with Crippen molar-refractivity contribution in [1.82, 2.24) is 0 Å². The summed E-state index contributed by atoms with van der Waals surface area (Å²) in [6, 6.07) is 15.5. The van der Waals surface area contributed by atoms with Crippen LogP contribution in [-0.4, -0.2) is 31.4 Å². The molecular weight excluding hydrogens is 326 g/mol. The van der Waals surface area contributed by atoms with Crippen molar-refractivity contribution in [2.45, 2.75) is 26.7 Å². The Kier molecular flexibility index (Phi) is 5.56. The summed E-state index contributed by atoms with van der Waals surface area (Å²) in [4.78, 5) is 28.2. The Hall–Kier alpha value is -2.82. The molecule has 1 heterocycles. The smallest absolute Gasteiger partial charge is 0.244 e. The number of amides is 2. The number of carbonyl (C=O) groups is 2. The Morgan fingerprint density at radius 2 is 1.62 bits per heavy atom. The maximum atomic E-state index is 12.3. The Bertz CT molecular complexity index is 763. The topological polar surface area (TPSA) is 52.7 Å². The summed E-state index contributed by atoms with van der Waals surface area (Å²) in [7, 11) is 0. The monoisotopic (exact) mass is 351 g/mol. The molecule has 0 aliphatic carbocycles. The van der Waals surface area contributed by atoms with Gasteiger partial charge in [-0.25, -0.2) is 0 Å². The molecule has 2 aromatic rings. The van der Waals surface area contributed by atoms with Gasteiger partial charge in [0.2, 0.25) is 11.8 Å². The van der Waals surface area contributed by atoms with Gasteiger partial charge in [-0.2, -0.15) is 0 Å². The molecule has 1 N–H and O–H groups in total. The van der Waals surface area contributed by atoms with E-state index in [1.165, 1.54) is 30.4 Å². The van der Waals surface area contributed by atoms with Crippen LogP contribution >= 0.6 is 0 Å². The third-order valence-corrected chi connectivity index (χ3v) is 4.65. The Labute approximate surface area is 154 Å². The molecule has 26 heavy (non-hydrogen) atoms. The number of benzene rings is 2. The number of rotatable bonds is 5. The molecule has 0 radical (unpaired) electrons. The first-order valence-electron chi connectivity index (χ1n) is 9.02. The molecule has 0 aromatic heterocycles. The third-order valence-electron chi connectivity index (χ3n) is 4.65. The summed E-state index contributed by atoms with van der Waals surface area (Å²) >= 11 is 0. The first kappa shape index (κ1) is 18.0. The molecule has 1 saturated heterocycles. The van der Waals surface area contributed by atoms with Gasteiger partial charge in [0, 0.05) is 37.1 Å². The summed E-state index contributed by atoms with van der Waals surface area (Å²) in [6.07, 6.45) is 2.45. The number of anilines is 3. The highest BCUT2D eigenvalue weighted by atomic mass is 16.2. The zero-order valence-corrected chi connectivity index (χ0v) is 15.4. The van der Waals surface area contributed by atoms with Crippen LogP contribution in [0.1, 0.15) is 25.3 Å². The van der Waals surface area contributed by atoms with Gasteiger partial charge in [0.1, 0.15) is 6.54 Å². The van der Waals surface area contributed by atoms with Gasteiger partial charge in [0.25, 0.3) is 0 Å². The first-order valence-corrected chi connectivity index (χ1v) is 9.02. The maximum Gasteiger partial charge on any atom is 0.244 e. The molecule has 136 valence electrons. The van der Waals surface area contributed by atoms with E-state index in [9.17, 15) is 9.59 Å². The molecule has 0 saturated carbocycles. The summed E-state index contributed by atoms with van der Waals surface area (Å²) in [5.41, 5.74) is 3.76. The molecule has 1 aliphatic rings. The van der Waals surface area contributed by atoms with E-state index < -0.39 is 0 Å². The molecule has 1 aliphatic heterocycles. The van der Waals surface area contributed by atoms with Crippen LogP contribution in [0.5, 0.6) is 0 Å². The van der Waals surface area contributed by atoms with E-state index >= 15 is 0 Å². The largest absolute Gasteiger partial charge is 0.372 e. The predicted octanol–water partition coefficient (Wildman–Crippen LogP) is 3.59. The highest BCUT2D eigenvalue weighted by Crippen LogP contribution is 2.24. The average molecular weight is 351 g/mol. The second kappa shape index (κ2) is 8.04. The van der Waals surface area contributed by atoms with E-state index in [4.69, 9.17) is 0 Å². The summed E-state index contributed by atoms with van der Waals surface area (Å²) in [6.45, 7) is 5.62. The molecule has 2 aromatic carbocycles. The van der Waals surface area contributed by atoms with E-state index in [2.05, 4.69) is 10.2 Å². The molecule has 0 atom stereocenters. The lowest BCUT2D eigenvalue weighted by atomic mass is 10.2. The Morgan fingerprint density at radius 1 is 1.00 bits per heavy atom. The Morgan fingerprint density at radius 3 is 2.19 bits per heavy atom. The molecule has 2 amide bonds. The molecule has 5 nitrogen and oxygen atoms in total. The summed E-state index contributed by atoms with van der Waals surface area (Å²) in [5, 5.41) is 2.84. The molecule has 0 spiro atoms. The van der Waals surface area contributed by atoms with Crippen LogP contribution in [0.4, 0.5) is 17.1 Å². The van der Waals surface area contributed by atoms with Crippen LogP contribution in [0.15, 0.2) is 48.5 Å². The highest BCUT2D eigenvalue weighted by Gasteiger charge is 2.17. The van der Waals surface area contributed by atoms with Gasteiger partial charge >= 0.3 is 0 Å². The summed E-state index contributed by atoms with van der Waals surface area (Å²) in [5.74, 6) is -0.370. The maximum absolute atomic E-state index is 12.3. The van der Waals surface area contributed by atoms with Crippen molar-refractivity contribution in [3.63, 3.8) is 0 Å². The van der Waals surface area contributed by atoms with Crippen LogP contribution in [0.25, 0.3) is 0 Å². The third kappa shape index (κ3) is 4.42. The van der Waals surface area contributed by atoms with Crippen molar-refractivity contribution in [1.29, 1.82) is 0 Å². The van der Waals surface area contributed by atoms with Gasteiger partial charge < -0.3 is 15.1 Å². The molecule has 0 unspecified atom stereocenters. The minimum atomic E-state index is -0.215. The van der Waals surface area contributed by atoms with E-state index in [-0.39, 0.29) is 18.4 Å². The van der Waals surface area contributed by atoms with Gasteiger partial charge in [-0.3, -0.25) is 9.59 Å². The zero-order chi connectivity index (χ0) is 18.5. The fourth-order valence-electron chi connectivity index (χ4n) is 3.18. The molecule has 1 fully saturated rings. The standard InChI is InChI=1S/C21H25N3O2/c1-16-5-7-18(8-6-16)22-21(26)15-24(17(2)25)20-11-9-19(10-12-20)23-13-3-4-14-23/h5-12H,3-4,13-15H2,1-2H3,(H,22,26). The average Bonchev–Trinajstić information content (AvgIpc) is 3.16. The number of carbonyl (C=O) groups excluding carboxylic acids is 2. The number of hydrogen-bond donors (Lipinski definition) is 1. The fourth-order valence-corrected chi connectivity index (χ4v) is 3.18. The van der Waals surface area contributed by atoms with E-state index in [0.29, 0.717) is 0 Å². The fraction of sp³-hybridized carbons (Fsp3) is 0.333. The van der Waals surface area contributed by atoms with Crippen LogP contribution in [0.2, 0.25) is 0 Å². The van der Waals surface area contributed by atoms with Crippen molar-refractivity contribution >= 4 is 28.9 Å². The van der Waals surface area contributed by atoms with Gasteiger partial charge in [-0.15, -0.1) is 0 Å². The molecular formula is C21H25N3O2. The van der Waals surface area contributed by atoms with Crippen LogP contribution in [-0.2, 0) is 9.59 Å². The lowest BCUT2D eigenvalue weighted by Gasteiger charge is -2.23. The molecule has 5 heteroatoms. The van der Waals surface area contributed by atoms with Crippen molar-refractivity contribution in [2.24, 2.45) is 0 Å². The number of aryl methyl sites for hydroxylation is 1. The Balaban J connectivity index is 1.67. The second-order valence-corrected chi connectivity index (χ2v) is 6.73. The lowest BCUT2D eigenvalue weighted by Crippen LogP contribution is -2.36. The minimum Gasteiger partial charge on any atom is -0.372 e. The number of hydrogen-bond acceptors (Lipinski definition) is 3. The van der Waals surface area contributed by atoms with Gasteiger partial charge in [0.15, 0.2) is 0 Å². The quantitative estimate of drug-likeness (QED) is 0.896. The van der Waals surface area contributed by atoms with Crippen molar-refractivity contribution in [2.75, 3.05) is 34.8 Å². The van der Waals surface area contributed by atoms with Crippen LogP contribution < -0.4 is 15.1 Å². The second-order valence-electron chi connectivity index (χ2n) is 6.73. The van der Waals surface area contributed by atoms with Gasteiger partial charge in [-0.05, 0) is 56.2 Å². The SMILES string of the molecule is CC(=O)N(CC(=O)Nc1ccc(C)cc1)c1ccc(N2CCCC2)cc1. The van der Waals surface area contributed by atoms with Gasteiger partial charge in [0.05, 0.1) is 0 Å². The molecule has 3 rings (SSSR count). The molecule has 0 bridgehead atoms. The van der Waals surface area contributed by atoms with E-state index in [1.807, 2.05) is 55.5 Å². The normalized spacial score (nSPS) is 13.5. The number of nitrogens with one attached hydrogen (secondary N) is 1. The first-order chi connectivity index (χ1) is 12.5. The summed E-state index contributed by atoms with van der Waals surface area (Å²) < 4.78 is 0. The highest BCUT2D eigenvalue weighted by molar-refractivity contribution is 6.01. The van der Waals surface area contributed by atoms with Crippen LogP contribution in [0.3, 0.4) is 0 Å². The lowest BCUT2D eigenvalue weighted by molar-refractivity contribution is -0.120. The van der Waals surface area contributed by atoms with Crippen molar-refractivity contribution in [3.05, 3.63) is 54.1 Å². The van der Waals surface area contributed by atoms with Gasteiger partial charge in [-0.1, -0.05) is 17.7 Å². The predicted molar refractivity (Wildman–Crippen MR) is 106 cm³/mol. The van der Waals surface area contributed by atoms with Crippen molar-refractivity contribution < 1.29 is 9.59 Å². The van der Waals surface area contributed by atoms with Crippen LogP contribution in [0, 0.1) is 6.92 Å². The van der Waals surface area contributed by atoms with Crippen molar-refractivity contribution in [3.8, 4) is 0 Å². The minimum absolute atomic E-state index is 0.00767. The van der Waals surface area contributed by atoms with E-state index in [0.717, 1.165) is 30.0 Å². The zero-order valence-electron chi connectivity index (χ0n) is 15.4. The van der Waals surface area contributed by atoms with E-state index in [1.54, 1.807) is 0 Å². The number of nitrogens with zero attached hydrogens (tertiary/aromatic N) is 2.